The van der Waals surface area contributed by atoms with Gasteiger partial charge in [0.1, 0.15) is 0 Å². The number of hydrazine groups is 1. The highest BCUT2D eigenvalue weighted by molar-refractivity contribution is 5.92. The second kappa shape index (κ2) is 5.86. The van der Waals surface area contributed by atoms with Gasteiger partial charge in [0.2, 0.25) is 5.96 Å². The van der Waals surface area contributed by atoms with Crippen LogP contribution < -0.4 is 16.6 Å². The number of aryl methyl sites for hydroxylation is 2. The maximum atomic E-state index is 5.50. The lowest BCUT2D eigenvalue weighted by atomic mass is 9.96. The Hall–Kier alpha value is -1.56. The molecular formula is C12H22N6. The van der Waals surface area contributed by atoms with E-state index in [-0.39, 0.29) is 0 Å². The number of nitrogens with zero attached hydrogens (tertiary/aromatic N) is 3. The minimum Gasteiger partial charge on any atom is -0.308 e. The second-order valence-electron chi connectivity index (χ2n) is 4.83. The van der Waals surface area contributed by atoms with E-state index in [0.717, 1.165) is 24.4 Å². The maximum absolute atomic E-state index is 5.50. The molecule has 0 aromatic carbocycles. The number of rotatable bonds is 2. The molecule has 0 bridgehead atoms. The zero-order chi connectivity index (χ0) is 13.0. The predicted molar refractivity (Wildman–Crippen MR) is 73.2 cm³/mol. The molecule has 0 unspecified atom stereocenters. The van der Waals surface area contributed by atoms with Crippen LogP contribution in [0, 0.1) is 6.92 Å². The standard InChI is InChI=1S/C12H22N6/c1-9-8-11(17-18(9)2)15-12(16-13)14-10-6-4-3-5-7-10/h8,10H,3-7,13H2,1-2H3,(H2,14,15,16,17). The zero-order valence-corrected chi connectivity index (χ0v) is 11.1. The molecule has 0 radical (unpaired) electrons. The molecule has 1 aliphatic rings. The Balaban J connectivity index is 2.01. The third-order valence-corrected chi connectivity index (χ3v) is 3.38. The number of nitrogens with two attached hydrogens (primary N) is 1. The van der Waals surface area contributed by atoms with Crippen molar-refractivity contribution in [2.24, 2.45) is 17.9 Å². The average Bonchev–Trinajstić information content (AvgIpc) is 2.69. The van der Waals surface area contributed by atoms with Gasteiger partial charge < -0.3 is 5.32 Å². The Morgan fingerprint density at radius 2 is 2.17 bits per heavy atom. The molecule has 0 aliphatic heterocycles. The number of aromatic nitrogens is 2. The quantitative estimate of drug-likeness (QED) is 0.320. The zero-order valence-electron chi connectivity index (χ0n) is 11.1. The molecule has 0 atom stereocenters. The first kappa shape index (κ1) is 12.9. The Morgan fingerprint density at radius 3 is 2.72 bits per heavy atom. The summed E-state index contributed by atoms with van der Waals surface area (Å²) in [6.45, 7) is 2.01. The van der Waals surface area contributed by atoms with Gasteiger partial charge in [0.15, 0.2) is 5.82 Å². The van der Waals surface area contributed by atoms with Gasteiger partial charge >= 0.3 is 0 Å². The fourth-order valence-corrected chi connectivity index (χ4v) is 2.24. The van der Waals surface area contributed by atoms with E-state index in [1.54, 1.807) is 0 Å². The molecule has 1 aliphatic carbocycles. The van der Waals surface area contributed by atoms with Gasteiger partial charge in [-0.3, -0.25) is 10.1 Å². The average molecular weight is 250 g/mol. The SMILES string of the molecule is Cc1cc(NC(=NC2CCCCC2)NN)nn1C. The highest BCUT2D eigenvalue weighted by atomic mass is 15.4. The summed E-state index contributed by atoms with van der Waals surface area (Å²) < 4.78 is 1.82. The van der Waals surface area contributed by atoms with Crippen LogP contribution in [0.3, 0.4) is 0 Å². The van der Waals surface area contributed by atoms with Crippen LogP contribution in [0.2, 0.25) is 0 Å². The van der Waals surface area contributed by atoms with Crippen LogP contribution in [0.15, 0.2) is 11.1 Å². The molecule has 1 aromatic rings. The van der Waals surface area contributed by atoms with Crippen LogP contribution in [0.5, 0.6) is 0 Å². The minimum absolute atomic E-state index is 0.377. The van der Waals surface area contributed by atoms with Crippen LogP contribution in [0.1, 0.15) is 37.8 Å². The minimum atomic E-state index is 0.377. The summed E-state index contributed by atoms with van der Waals surface area (Å²) in [6.07, 6.45) is 6.13. The monoisotopic (exact) mass is 250 g/mol. The van der Waals surface area contributed by atoms with Crippen molar-refractivity contribution in [3.8, 4) is 0 Å². The fourth-order valence-electron chi connectivity index (χ4n) is 2.24. The van der Waals surface area contributed by atoms with Crippen LogP contribution in [-0.2, 0) is 7.05 Å². The number of hydrogen-bond donors (Lipinski definition) is 3. The molecular weight excluding hydrogens is 228 g/mol. The van der Waals surface area contributed by atoms with E-state index in [1.807, 2.05) is 24.7 Å². The largest absolute Gasteiger partial charge is 0.308 e. The summed E-state index contributed by atoms with van der Waals surface area (Å²) in [5, 5.41) is 7.44. The van der Waals surface area contributed by atoms with Crippen molar-refractivity contribution in [3.05, 3.63) is 11.8 Å². The predicted octanol–water partition coefficient (Wildman–Crippen LogP) is 1.29. The van der Waals surface area contributed by atoms with Gasteiger partial charge in [-0.1, -0.05) is 19.3 Å². The summed E-state index contributed by atoms with van der Waals surface area (Å²) in [6, 6.07) is 2.34. The number of nitrogens with one attached hydrogen (secondary N) is 2. The summed E-state index contributed by atoms with van der Waals surface area (Å²) in [4.78, 5) is 4.61. The topological polar surface area (TPSA) is 80.3 Å². The van der Waals surface area contributed by atoms with Gasteiger partial charge in [-0.05, 0) is 19.8 Å². The summed E-state index contributed by atoms with van der Waals surface area (Å²) >= 11 is 0. The van der Waals surface area contributed by atoms with Gasteiger partial charge in [0, 0.05) is 18.8 Å². The molecule has 18 heavy (non-hydrogen) atoms. The van der Waals surface area contributed by atoms with E-state index in [9.17, 15) is 0 Å². The molecule has 0 saturated heterocycles. The molecule has 2 rings (SSSR count). The molecule has 0 spiro atoms. The number of guanidine groups is 1. The summed E-state index contributed by atoms with van der Waals surface area (Å²) in [7, 11) is 1.91. The van der Waals surface area contributed by atoms with Crippen molar-refractivity contribution >= 4 is 11.8 Å². The normalized spacial score (nSPS) is 17.8. The lowest BCUT2D eigenvalue weighted by Crippen LogP contribution is -2.37. The molecule has 1 heterocycles. The van der Waals surface area contributed by atoms with E-state index in [4.69, 9.17) is 5.84 Å². The Bertz CT molecular complexity index is 397. The van der Waals surface area contributed by atoms with Crippen molar-refractivity contribution < 1.29 is 0 Å². The molecule has 1 aromatic heterocycles. The van der Waals surface area contributed by atoms with Crippen LogP contribution in [0.25, 0.3) is 0 Å². The van der Waals surface area contributed by atoms with Gasteiger partial charge in [-0.2, -0.15) is 5.10 Å². The first-order chi connectivity index (χ1) is 8.69. The molecule has 1 fully saturated rings. The van der Waals surface area contributed by atoms with E-state index in [1.165, 1.54) is 19.3 Å². The highest BCUT2D eigenvalue weighted by Gasteiger charge is 2.13. The lowest BCUT2D eigenvalue weighted by Gasteiger charge is -2.19. The van der Waals surface area contributed by atoms with E-state index in [0.29, 0.717) is 12.0 Å². The van der Waals surface area contributed by atoms with Gasteiger partial charge in [0.05, 0.1) is 6.04 Å². The lowest BCUT2D eigenvalue weighted by molar-refractivity contribution is 0.442. The van der Waals surface area contributed by atoms with Crippen LogP contribution in [0.4, 0.5) is 5.82 Å². The van der Waals surface area contributed by atoms with Crippen molar-refractivity contribution in [1.82, 2.24) is 15.2 Å². The third-order valence-electron chi connectivity index (χ3n) is 3.38. The van der Waals surface area contributed by atoms with Gasteiger partial charge in [0.25, 0.3) is 0 Å². The molecule has 6 nitrogen and oxygen atoms in total. The smallest absolute Gasteiger partial charge is 0.211 e. The molecule has 100 valence electrons. The number of anilines is 1. The third kappa shape index (κ3) is 3.22. The molecule has 6 heteroatoms. The molecule has 1 saturated carbocycles. The van der Waals surface area contributed by atoms with Crippen LogP contribution in [-0.4, -0.2) is 21.8 Å². The maximum Gasteiger partial charge on any atom is 0.211 e. The van der Waals surface area contributed by atoms with Crippen molar-refractivity contribution in [2.45, 2.75) is 45.1 Å². The van der Waals surface area contributed by atoms with Gasteiger partial charge in [-0.25, -0.2) is 10.8 Å². The van der Waals surface area contributed by atoms with Gasteiger partial charge in [-0.15, -0.1) is 0 Å². The fraction of sp³-hybridized carbons (Fsp3) is 0.667. The van der Waals surface area contributed by atoms with Crippen molar-refractivity contribution in [1.29, 1.82) is 0 Å². The second-order valence-corrected chi connectivity index (χ2v) is 4.83. The molecule has 4 N–H and O–H groups in total. The molecule has 0 amide bonds. The Labute approximate surface area is 108 Å². The van der Waals surface area contributed by atoms with E-state index >= 15 is 0 Å². The highest BCUT2D eigenvalue weighted by Crippen LogP contribution is 2.20. The van der Waals surface area contributed by atoms with E-state index < -0.39 is 0 Å². The van der Waals surface area contributed by atoms with Crippen LogP contribution >= 0.6 is 0 Å². The number of aliphatic imine (C=N–C) groups is 1. The Morgan fingerprint density at radius 1 is 1.44 bits per heavy atom. The Kier molecular flexibility index (Phi) is 4.19. The van der Waals surface area contributed by atoms with Crippen molar-refractivity contribution in [3.63, 3.8) is 0 Å². The first-order valence-electron chi connectivity index (χ1n) is 6.51. The van der Waals surface area contributed by atoms with E-state index in [2.05, 4.69) is 20.8 Å². The summed E-state index contributed by atoms with van der Waals surface area (Å²) in [5.74, 6) is 6.87. The summed E-state index contributed by atoms with van der Waals surface area (Å²) in [5.41, 5.74) is 3.71. The number of hydrogen-bond acceptors (Lipinski definition) is 3. The first-order valence-corrected chi connectivity index (χ1v) is 6.51. The van der Waals surface area contributed by atoms with Crippen molar-refractivity contribution in [2.75, 3.05) is 5.32 Å².